The van der Waals surface area contributed by atoms with Crippen molar-refractivity contribution in [3.05, 3.63) is 59.9 Å². The van der Waals surface area contributed by atoms with Gasteiger partial charge in [0.15, 0.2) is 9.84 Å². The molecule has 1 aromatic carbocycles. The lowest BCUT2D eigenvalue weighted by Crippen LogP contribution is -2.30. The predicted molar refractivity (Wildman–Crippen MR) is 97.8 cm³/mol. The van der Waals surface area contributed by atoms with Crippen LogP contribution in [-0.4, -0.2) is 25.6 Å². The standard InChI is InChI=1S/C19H24N2O3S/c1-14(2)11-18(16-5-4-10-20-13-16)21-19(22)12-15-6-8-17(9-7-15)25(3,23)24/h4-10,13-14,18H,11-12H2,1-3H3,(H,21,22)/t18-/m1/s1. The molecule has 5 nitrogen and oxygen atoms in total. The summed E-state index contributed by atoms with van der Waals surface area (Å²) >= 11 is 0. The molecular weight excluding hydrogens is 336 g/mol. The minimum atomic E-state index is -3.22. The van der Waals surface area contributed by atoms with Crippen LogP contribution < -0.4 is 5.32 Å². The molecule has 0 radical (unpaired) electrons. The first-order chi connectivity index (χ1) is 11.8. The molecule has 2 rings (SSSR count). The van der Waals surface area contributed by atoms with E-state index in [0.29, 0.717) is 5.92 Å². The second kappa shape index (κ2) is 8.25. The molecular formula is C19H24N2O3S. The van der Waals surface area contributed by atoms with E-state index in [2.05, 4.69) is 24.1 Å². The van der Waals surface area contributed by atoms with Crippen LogP contribution >= 0.6 is 0 Å². The second-order valence-electron chi connectivity index (χ2n) is 6.63. The van der Waals surface area contributed by atoms with Crippen LogP contribution in [0.4, 0.5) is 0 Å². The Balaban J connectivity index is 2.06. The number of nitrogens with one attached hydrogen (secondary N) is 1. The molecule has 0 bridgehead atoms. The van der Waals surface area contributed by atoms with Gasteiger partial charge in [0.05, 0.1) is 17.4 Å². The summed E-state index contributed by atoms with van der Waals surface area (Å²) in [5.74, 6) is 0.334. The lowest BCUT2D eigenvalue weighted by atomic mass is 9.98. The monoisotopic (exact) mass is 360 g/mol. The third kappa shape index (κ3) is 5.98. The van der Waals surface area contributed by atoms with Gasteiger partial charge in [-0.15, -0.1) is 0 Å². The molecule has 1 amide bonds. The molecule has 1 heterocycles. The molecule has 2 aromatic rings. The number of amides is 1. The van der Waals surface area contributed by atoms with E-state index in [9.17, 15) is 13.2 Å². The average molecular weight is 360 g/mol. The highest BCUT2D eigenvalue weighted by atomic mass is 32.2. The highest BCUT2D eigenvalue weighted by Gasteiger charge is 2.17. The Kier molecular flexibility index (Phi) is 6.31. The maximum absolute atomic E-state index is 12.4. The van der Waals surface area contributed by atoms with Gasteiger partial charge in [0.25, 0.3) is 0 Å². The van der Waals surface area contributed by atoms with Crippen LogP contribution in [0, 0.1) is 5.92 Å². The quantitative estimate of drug-likeness (QED) is 0.824. The van der Waals surface area contributed by atoms with Crippen molar-refractivity contribution in [3.63, 3.8) is 0 Å². The third-order valence-corrected chi connectivity index (χ3v) is 4.97. The van der Waals surface area contributed by atoms with Crippen LogP contribution in [0.3, 0.4) is 0 Å². The third-order valence-electron chi connectivity index (χ3n) is 3.85. The van der Waals surface area contributed by atoms with Crippen molar-refractivity contribution in [1.82, 2.24) is 10.3 Å². The van der Waals surface area contributed by atoms with Gasteiger partial charge in [-0.3, -0.25) is 9.78 Å². The highest BCUT2D eigenvalue weighted by molar-refractivity contribution is 7.90. The first-order valence-corrected chi connectivity index (χ1v) is 10.1. The van der Waals surface area contributed by atoms with Gasteiger partial charge >= 0.3 is 0 Å². The van der Waals surface area contributed by atoms with Gasteiger partial charge in [-0.05, 0) is 41.7 Å². The van der Waals surface area contributed by atoms with Gasteiger partial charge in [-0.25, -0.2) is 8.42 Å². The molecule has 1 N–H and O–H groups in total. The zero-order valence-electron chi connectivity index (χ0n) is 14.8. The van der Waals surface area contributed by atoms with E-state index in [4.69, 9.17) is 0 Å². The minimum Gasteiger partial charge on any atom is -0.349 e. The Bertz CT molecular complexity index is 800. The lowest BCUT2D eigenvalue weighted by Gasteiger charge is -2.21. The fourth-order valence-corrected chi connectivity index (χ4v) is 3.25. The van der Waals surface area contributed by atoms with E-state index in [1.165, 1.54) is 18.4 Å². The van der Waals surface area contributed by atoms with Crippen molar-refractivity contribution in [2.45, 2.75) is 37.6 Å². The predicted octanol–water partition coefficient (Wildman–Crippen LogP) is 2.93. The summed E-state index contributed by atoms with van der Waals surface area (Å²) in [6.07, 6.45) is 5.68. The zero-order valence-corrected chi connectivity index (χ0v) is 15.6. The molecule has 134 valence electrons. The molecule has 1 atom stereocenters. The maximum atomic E-state index is 12.4. The van der Waals surface area contributed by atoms with Gasteiger partial charge in [0.1, 0.15) is 0 Å². The Labute approximate surface area is 149 Å². The maximum Gasteiger partial charge on any atom is 0.224 e. The fraction of sp³-hybridized carbons (Fsp3) is 0.368. The van der Waals surface area contributed by atoms with Crippen molar-refractivity contribution in [3.8, 4) is 0 Å². The number of carbonyl (C=O) groups excluding carboxylic acids is 1. The van der Waals surface area contributed by atoms with Crippen molar-refractivity contribution >= 4 is 15.7 Å². The van der Waals surface area contributed by atoms with E-state index in [0.717, 1.165) is 17.5 Å². The van der Waals surface area contributed by atoms with Gasteiger partial charge < -0.3 is 5.32 Å². The van der Waals surface area contributed by atoms with Crippen LogP contribution in [0.15, 0.2) is 53.7 Å². The van der Waals surface area contributed by atoms with Crippen molar-refractivity contribution in [2.75, 3.05) is 6.26 Å². The molecule has 0 fully saturated rings. The van der Waals surface area contributed by atoms with Gasteiger partial charge in [0, 0.05) is 18.6 Å². The summed E-state index contributed by atoms with van der Waals surface area (Å²) in [5, 5.41) is 3.06. The SMILES string of the molecule is CC(C)C[C@@H](NC(=O)Cc1ccc(S(C)(=O)=O)cc1)c1cccnc1. The largest absolute Gasteiger partial charge is 0.349 e. The molecule has 0 aliphatic heterocycles. The average Bonchev–Trinajstić information content (AvgIpc) is 2.54. The number of pyridine rings is 1. The summed E-state index contributed by atoms with van der Waals surface area (Å²) in [6.45, 7) is 4.22. The first-order valence-electron chi connectivity index (χ1n) is 8.24. The minimum absolute atomic E-state index is 0.0866. The number of nitrogens with zero attached hydrogens (tertiary/aromatic N) is 1. The van der Waals surface area contributed by atoms with E-state index in [-0.39, 0.29) is 23.3 Å². The molecule has 0 spiro atoms. The fourth-order valence-electron chi connectivity index (χ4n) is 2.62. The van der Waals surface area contributed by atoms with E-state index < -0.39 is 9.84 Å². The Morgan fingerprint density at radius 1 is 1.16 bits per heavy atom. The van der Waals surface area contributed by atoms with E-state index in [1.54, 1.807) is 24.5 Å². The molecule has 1 aromatic heterocycles. The summed E-state index contributed by atoms with van der Waals surface area (Å²) in [4.78, 5) is 16.8. The van der Waals surface area contributed by atoms with E-state index >= 15 is 0 Å². The smallest absolute Gasteiger partial charge is 0.224 e. The topological polar surface area (TPSA) is 76.1 Å². The first kappa shape index (κ1) is 19.1. The van der Waals surface area contributed by atoms with Crippen LogP contribution in [0.2, 0.25) is 0 Å². The molecule has 0 saturated heterocycles. The van der Waals surface area contributed by atoms with Crippen LogP contribution in [0.5, 0.6) is 0 Å². The van der Waals surface area contributed by atoms with Gasteiger partial charge in [0.2, 0.25) is 5.91 Å². The van der Waals surface area contributed by atoms with Crippen molar-refractivity contribution < 1.29 is 13.2 Å². The molecule has 0 saturated carbocycles. The number of hydrogen-bond acceptors (Lipinski definition) is 4. The highest BCUT2D eigenvalue weighted by Crippen LogP contribution is 2.20. The van der Waals surface area contributed by atoms with Crippen LogP contribution in [0.1, 0.15) is 37.4 Å². The van der Waals surface area contributed by atoms with Crippen molar-refractivity contribution in [2.24, 2.45) is 5.92 Å². The summed E-state index contributed by atoms with van der Waals surface area (Å²) < 4.78 is 23.0. The van der Waals surface area contributed by atoms with Gasteiger partial charge in [-0.1, -0.05) is 32.0 Å². The normalized spacial score (nSPS) is 12.8. The molecule has 0 aliphatic carbocycles. The summed E-state index contributed by atoms with van der Waals surface area (Å²) in [6, 6.07) is 10.2. The summed E-state index contributed by atoms with van der Waals surface area (Å²) in [5.41, 5.74) is 1.76. The number of sulfone groups is 1. The number of hydrogen-bond donors (Lipinski definition) is 1. The van der Waals surface area contributed by atoms with Crippen LogP contribution in [-0.2, 0) is 21.1 Å². The Morgan fingerprint density at radius 3 is 2.36 bits per heavy atom. The number of benzene rings is 1. The molecule has 0 aliphatic rings. The zero-order chi connectivity index (χ0) is 18.4. The van der Waals surface area contributed by atoms with Crippen LogP contribution in [0.25, 0.3) is 0 Å². The van der Waals surface area contributed by atoms with Crippen molar-refractivity contribution in [1.29, 1.82) is 0 Å². The molecule has 25 heavy (non-hydrogen) atoms. The van der Waals surface area contributed by atoms with Gasteiger partial charge in [-0.2, -0.15) is 0 Å². The lowest BCUT2D eigenvalue weighted by molar-refractivity contribution is -0.121. The number of rotatable bonds is 7. The van der Waals surface area contributed by atoms with E-state index in [1.807, 2.05) is 12.1 Å². The second-order valence-corrected chi connectivity index (χ2v) is 8.64. The summed E-state index contributed by atoms with van der Waals surface area (Å²) in [7, 11) is -3.22. The number of carbonyl (C=O) groups is 1. The molecule has 0 unspecified atom stereocenters. The number of aromatic nitrogens is 1. The molecule has 6 heteroatoms. The Hall–Kier alpha value is -2.21. The Morgan fingerprint density at radius 2 is 1.84 bits per heavy atom.